The fourth-order valence-corrected chi connectivity index (χ4v) is 3.50. The van der Waals surface area contributed by atoms with Crippen molar-refractivity contribution in [2.24, 2.45) is 0 Å². The van der Waals surface area contributed by atoms with Gasteiger partial charge < -0.3 is 19.9 Å². The van der Waals surface area contributed by atoms with Crippen molar-refractivity contribution < 1.29 is 13.5 Å². The zero-order chi connectivity index (χ0) is 17.4. The van der Waals surface area contributed by atoms with Crippen molar-refractivity contribution in [3.05, 3.63) is 18.0 Å². The third-order valence-corrected chi connectivity index (χ3v) is 4.91. The smallest absolute Gasteiger partial charge is 0.228 e. The molecule has 1 saturated heterocycles. The topological polar surface area (TPSA) is 133 Å². The van der Waals surface area contributed by atoms with E-state index in [0.29, 0.717) is 62.3 Å². The van der Waals surface area contributed by atoms with Crippen LogP contribution in [0.3, 0.4) is 0 Å². The van der Waals surface area contributed by atoms with Crippen LogP contribution in [0.2, 0.25) is 0 Å². The Bertz CT molecular complexity index is 811. The van der Waals surface area contributed by atoms with Gasteiger partial charge in [0, 0.05) is 54.4 Å². The lowest BCUT2D eigenvalue weighted by Crippen LogP contribution is -2.37. The summed E-state index contributed by atoms with van der Waals surface area (Å²) in [6.45, 7) is 2.80. The Morgan fingerprint density at radius 1 is 1.16 bits per heavy atom. The van der Waals surface area contributed by atoms with Crippen LogP contribution in [0, 0.1) is 0 Å². The fraction of sp³-hybridized carbons (Fsp3) is 0.429. The molecule has 10 nitrogen and oxygen atoms in total. The molecule has 2 aromatic heterocycles. The van der Waals surface area contributed by atoms with E-state index in [0.717, 1.165) is 5.56 Å². The molecule has 1 unspecified atom stereocenters. The third kappa shape index (κ3) is 3.01. The second-order valence-electron chi connectivity index (χ2n) is 5.67. The van der Waals surface area contributed by atoms with E-state index < -0.39 is 11.3 Å². The Hall–Kier alpha value is -2.37. The average Bonchev–Trinajstić information content (AvgIpc) is 3.07. The van der Waals surface area contributed by atoms with Gasteiger partial charge >= 0.3 is 0 Å². The zero-order valence-electron chi connectivity index (χ0n) is 13.3. The van der Waals surface area contributed by atoms with Crippen LogP contribution in [-0.2, 0) is 22.4 Å². The van der Waals surface area contributed by atoms with Crippen LogP contribution in [0.5, 0.6) is 0 Å². The van der Waals surface area contributed by atoms with Gasteiger partial charge in [-0.1, -0.05) is 0 Å². The van der Waals surface area contributed by atoms with E-state index in [4.69, 9.17) is 10.5 Å². The molecule has 2 N–H and O–H groups in total. The summed E-state index contributed by atoms with van der Waals surface area (Å²) in [5.41, 5.74) is 7.65. The third-order valence-electron chi connectivity index (χ3n) is 4.19. The number of rotatable bonds is 3. The van der Waals surface area contributed by atoms with Crippen molar-refractivity contribution in [1.29, 1.82) is 0 Å². The van der Waals surface area contributed by atoms with Gasteiger partial charge in [0.05, 0.1) is 18.9 Å². The molecule has 0 spiro atoms. The van der Waals surface area contributed by atoms with Crippen molar-refractivity contribution in [1.82, 2.24) is 19.9 Å². The van der Waals surface area contributed by atoms with E-state index in [2.05, 4.69) is 19.9 Å². The number of nitrogens with zero attached hydrogens (tertiary/aromatic N) is 6. The summed E-state index contributed by atoms with van der Waals surface area (Å²) in [6, 6.07) is 0. The van der Waals surface area contributed by atoms with E-state index in [9.17, 15) is 8.76 Å². The molecule has 25 heavy (non-hydrogen) atoms. The van der Waals surface area contributed by atoms with Gasteiger partial charge in [0.1, 0.15) is 5.82 Å². The maximum Gasteiger partial charge on any atom is 0.228 e. The highest BCUT2D eigenvalue weighted by Gasteiger charge is 2.29. The van der Waals surface area contributed by atoms with Crippen LogP contribution in [-0.4, -0.2) is 61.5 Å². The van der Waals surface area contributed by atoms with Crippen LogP contribution in [0.25, 0.3) is 11.3 Å². The molecule has 0 radical (unpaired) electrons. The molecule has 2 aliphatic heterocycles. The standard InChI is InChI=1S/C14H17N7O3S/c15-13-16-7-9(8-17-13)11-10-1-2-21(25(22)23)12(10)19-14(18-11)20-3-5-24-6-4-20/h7-8H,1-6H2,(H,22,23)(H2,15,16,17)/p-1. The highest BCUT2D eigenvalue weighted by Crippen LogP contribution is 2.35. The normalized spacial score (nSPS) is 18.3. The van der Waals surface area contributed by atoms with Crippen LogP contribution < -0.4 is 14.9 Å². The van der Waals surface area contributed by atoms with E-state index >= 15 is 0 Å². The number of anilines is 3. The molecule has 4 rings (SSSR count). The molecule has 11 heteroatoms. The highest BCUT2D eigenvalue weighted by atomic mass is 32.2. The van der Waals surface area contributed by atoms with Crippen molar-refractivity contribution in [2.45, 2.75) is 6.42 Å². The van der Waals surface area contributed by atoms with E-state index in [1.165, 1.54) is 4.31 Å². The molecule has 0 bridgehead atoms. The number of aromatic nitrogens is 4. The first-order valence-corrected chi connectivity index (χ1v) is 8.85. The van der Waals surface area contributed by atoms with E-state index in [1.807, 2.05) is 4.90 Å². The molecule has 2 aromatic rings. The van der Waals surface area contributed by atoms with Gasteiger partial charge in [-0.25, -0.2) is 15.0 Å². The van der Waals surface area contributed by atoms with Crippen LogP contribution >= 0.6 is 0 Å². The molecule has 1 fully saturated rings. The van der Waals surface area contributed by atoms with E-state index in [-0.39, 0.29) is 5.95 Å². The van der Waals surface area contributed by atoms with Crippen molar-refractivity contribution >= 4 is 29.0 Å². The summed E-state index contributed by atoms with van der Waals surface area (Å²) in [5.74, 6) is 1.06. The second kappa shape index (κ2) is 6.50. The molecule has 132 valence electrons. The molecule has 0 aliphatic carbocycles. The lowest BCUT2D eigenvalue weighted by Gasteiger charge is -2.28. The summed E-state index contributed by atoms with van der Waals surface area (Å²) < 4.78 is 29.7. The predicted octanol–water partition coefficient (Wildman–Crippen LogP) is -0.491. The summed E-state index contributed by atoms with van der Waals surface area (Å²) in [4.78, 5) is 19.2. The van der Waals surface area contributed by atoms with Gasteiger partial charge in [0.15, 0.2) is 0 Å². The minimum absolute atomic E-state index is 0.171. The number of hydrogen-bond donors (Lipinski definition) is 1. The molecule has 2 aliphatic rings. The first-order valence-electron chi connectivity index (χ1n) is 7.82. The quantitative estimate of drug-likeness (QED) is 0.718. The van der Waals surface area contributed by atoms with Gasteiger partial charge in [-0.15, -0.1) is 0 Å². The molecule has 0 amide bonds. The number of fused-ring (bicyclic) bond motifs is 1. The first-order chi connectivity index (χ1) is 12.1. The van der Waals surface area contributed by atoms with Crippen LogP contribution in [0.15, 0.2) is 12.4 Å². The first kappa shape index (κ1) is 16.1. The van der Waals surface area contributed by atoms with Crippen molar-refractivity contribution in [2.75, 3.05) is 47.8 Å². The Morgan fingerprint density at radius 2 is 1.88 bits per heavy atom. The van der Waals surface area contributed by atoms with Gasteiger partial charge in [-0.2, -0.15) is 4.98 Å². The number of morpholine rings is 1. The zero-order valence-corrected chi connectivity index (χ0v) is 14.1. The Labute approximate surface area is 146 Å². The summed E-state index contributed by atoms with van der Waals surface area (Å²) in [6.07, 6.45) is 3.71. The van der Waals surface area contributed by atoms with Crippen molar-refractivity contribution in [3.63, 3.8) is 0 Å². The number of ether oxygens (including phenoxy) is 1. The lowest BCUT2D eigenvalue weighted by atomic mass is 10.1. The Kier molecular flexibility index (Phi) is 4.19. The summed E-state index contributed by atoms with van der Waals surface area (Å²) in [7, 11) is 0. The number of nitrogens with two attached hydrogens (primary N) is 1. The minimum atomic E-state index is -2.39. The SMILES string of the molecule is Nc1ncc(-c2nc(N3CCOCC3)nc3c2CCN3S(=O)[O-])cn1. The highest BCUT2D eigenvalue weighted by molar-refractivity contribution is 7.80. The van der Waals surface area contributed by atoms with Crippen LogP contribution in [0.4, 0.5) is 17.7 Å². The van der Waals surface area contributed by atoms with Crippen LogP contribution in [0.1, 0.15) is 5.56 Å². The van der Waals surface area contributed by atoms with Crippen molar-refractivity contribution in [3.8, 4) is 11.3 Å². The van der Waals surface area contributed by atoms with Gasteiger partial charge in [-0.05, 0) is 6.42 Å². The monoisotopic (exact) mass is 362 g/mol. The van der Waals surface area contributed by atoms with Gasteiger partial charge in [0.25, 0.3) is 0 Å². The Morgan fingerprint density at radius 3 is 2.56 bits per heavy atom. The number of nitrogen functional groups attached to an aromatic ring is 1. The molecule has 4 heterocycles. The van der Waals surface area contributed by atoms with Gasteiger partial charge in [0.2, 0.25) is 11.9 Å². The molecular formula is C14H16N7O3S-. The molecule has 0 saturated carbocycles. The lowest BCUT2D eigenvalue weighted by molar-refractivity contribution is 0.122. The summed E-state index contributed by atoms with van der Waals surface area (Å²) in [5, 5.41) is 0. The predicted molar refractivity (Wildman–Crippen MR) is 90.5 cm³/mol. The number of hydrogen-bond acceptors (Lipinski definition) is 9. The molecule has 0 aromatic carbocycles. The van der Waals surface area contributed by atoms with Gasteiger partial charge in [-0.3, -0.25) is 8.51 Å². The molecular weight excluding hydrogens is 346 g/mol. The molecule has 1 atom stereocenters. The van der Waals surface area contributed by atoms with E-state index in [1.54, 1.807) is 12.4 Å². The summed E-state index contributed by atoms with van der Waals surface area (Å²) >= 11 is -2.39. The maximum atomic E-state index is 11.5. The Balaban J connectivity index is 1.84. The maximum absolute atomic E-state index is 11.5. The average molecular weight is 362 g/mol. The minimum Gasteiger partial charge on any atom is -0.755 e. The fourth-order valence-electron chi connectivity index (χ4n) is 2.97. The second-order valence-corrected chi connectivity index (χ2v) is 6.55. The largest absolute Gasteiger partial charge is 0.755 e.